The Morgan fingerprint density at radius 2 is 2.38 bits per heavy atom. The van der Waals surface area contributed by atoms with Gasteiger partial charge in [0.25, 0.3) is 0 Å². The van der Waals surface area contributed by atoms with Crippen LogP contribution in [0.5, 0.6) is 0 Å². The summed E-state index contributed by atoms with van der Waals surface area (Å²) < 4.78 is 5.27. The normalized spacial score (nSPS) is 31.4. The van der Waals surface area contributed by atoms with Crippen LogP contribution in [0.1, 0.15) is 19.3 Å². The van der Waals surface area contributed by atoms with Crippen molar-refractivity contribution >= 4 is 5.91 Å². The van der Waals surface area contributed by atoms with Crippen molar-refractivity contribution in [1.29, 1.82) is 0 Å². The summed E-state index contributed by atoms with van der Waals surface area (Å²) in [7, 11) is 0. The van der Waals surface area contributed by atoms with E-state index in [1.807, 2.05) is 0 Å². The first kappa shape index (κ1) is 11.8. The Hall–Kier alpha value is -0.650. The number of nitrogens with zero attached hydrogens (tertiary/aromatic N) is 1. The fourth-order valence-corrected chi connectivity index (χ4v) is 2.36. The highest BCUT2D eigenvalue weighted by atomic mass is 16.5. The SMILES string of the molecule is O=C(C1CCCCN1)N1CCOCC1CO. The summed E-state index contributed by atoms with van der Waals surface area (Å²) in [5.74, 6) is 0.127. The molecule has 1 amide bonds. The summed E-state index contributed by atoms with van der Waals surface area (Å²) in [4.78, 5) is 14.0. The lowest BCUT2D eigenvalue weighted by atomic mass is 10.0. The Labute approximate surface area is 95.8 Å². The predicted octanol–water partition coefficient (Wildman–Crippen LogP) is -0.652. The van der Waals surface area contributed by atoms with Crippen molar-refractivity contribution in [2.24, 2.45) is 0 Å². The van der Waals surface area contributed by atoms with Gasteiger partial charge in [-0.2, -0.15) is 0 Å². The molecule has 0 aromatic heterocycles. The van der Waals surface area contributed by atoms with Gasteiger partial charge in [-0.1, -0.05) is 6.42 Å². The van der Waals surface area contributed by atoms with Crippen molar-refractivity contribution in [2.75, 3.05) is 32.9 Å². The Morgan fingerprint density at radius 3 is 3.06 bits per heavy atom. The van der Waals surface area contributed by atoms with Gasteiger partial charge < -0.3 is 20.1 Å². The third kappa shape index (κ3) is 2.53. The van der Waals surface area contributed by atoms with Crippen molar-refractivity contribution in [3.8, 4) is 0 Å². The van der Waals surface area contributed by atoms with E-state index in [1.54, 1.807) is 4.90 Å². The molecule has 2 aliphatic rings. The summed E-state index contributed by atoms with van der Waals surface area (Å²) in [5, 5.41) is 12.5. The smallest absolute Gasteiger partial charge is 0.240 e. The molecule has 92 valence electrons. The molecular weight excluding hydrogens is 208 g/mol. The molecule has 2 aliphatic heterocycles. The number of nitrogens with one attached hydrogen (secondary N) is 1. The molecule has 0 aromatic carbocycles. The van der Waals surface area contributed by atoms with Crippen LogP contribution in [0, 0.1) is 0 Å². The molecular formula is C11H20N2O3. The molecule has 5 heteroatoms. The highest BCUT2D eigenvalue weighted by molar-refractivity contribution is 5.82. The number of carbonyl (C=O) groups excluding carboxylic acids is 1. The molecule has 16 heavy (non-hydrogen) atoms. The number of morpholine rings is 1. The monoisotopic (exact) mass is 228 g/mol. The quantitative estimate of drug-likeness (QED) is 0.659. The van der Waals surface area contributed by atoms with Crippen molar-refractivity contribution in [1.82, 2.24) is 10.2 Å². The van der Waals surface area contributed by atoms with E-state index >= 15 is 0 Å². The first-order valence-electron chi connectivity index (χ1n) is 6.05. The molecule has 0 radical (unpaired) electrons. The summed E-state index contributed by atoms with van der Waals surface area (Å²) >= 11 is 0. The molecule has 0 aliphatic carbocycles. The van der Waals surface area contributed by atoms with Crippen LogP contribution in [0.25, 0.3) is 0 Å². The van der Waals surface area contributed by atoms with Gasteiger partial charge in [-0.25, -0.2) is 0 Å². The standard InChI is InChI=1S/C11H20N2O3/c14-7-9-8-16-6-5-13(9)11(15)10-3-1-2-4-12-10/h9-10,12,14H,1-8H2. The van der Waals surface area contributed by atoms with Crippen molar-refractivity contribution in [3.63, 3.8) is 0 Å². The van der Waals surface area contributed by atoms with Crippen LogP contribution in [-0.4, -0.2) is 60.9 Å². The van der Waals surface area contributed by atoms with Gasteiger partial charge in [-0.05, 0) is 19.4 Å². The number of aliphatic hydroxyl groups excluding tert-OH is 1. The zero-order chi connectivity index (χ0) is 11.4. The number of piperidine rings is 1. The third-order valence-electron chi connectivity index (χ3n) is 3.33. The summed E-state index contributed by atoms with van der Waals surface area (Å²) in [5.41, 5.74) is 0. The number of rotatable bonds is 2. The van der Waals surface area contributed by atoms with Gasteiger partial charge in [-0.15, -0.1) is 0 Å². The van der Waals surface area contributed by atoms with Gasteiger partial charge in [0.2, 0.25) is 5.91 Å². The van der Waals surface area contributed by atoms with Gasteiger partial charge in [0.1, 0.15) is 0 Å². The van der Waals surface area contributed by atoms with Crippen LogP contribution >= 0.6 is 0 Å². The minimum atomic E-state index is -0.162. The Bertz CT molecular complexity index is 241. The summed E-state index contributed by atoms with van der Waals surface area (Å²) in [6.07, 6.45) is 3.17. The zero-order valence-corrected chi connectivity index (χ0v) is 9.52. The lowest BCUT2D eigenvalue weighted by Gasteiger charge is -2.37. The molecule has 0 bridgehead atoms. The largest absolute Gasteiger partial charge is 0.394 e. The Kier molecular flexibility index (Phi) is 4.15. The molecule has 2 fully saturated rings. The van der Waals surface area contributed by atoms with Crippen LogP contribution in [0.3, 0.4) is 0 Å². The van der Waals surface area contributed by atoms with Crippen LogP contribution in [0.2, 0.25) is 0 Å². The summed E-state index contributed by atoms with van der Waals surface area (Å²) in [6, 6.07) is -0.217. The average molecular weight is 228 g/mol. The minimum Gasteiger partial charge on any atom is -0.394 e. The maximum Gasteiger partial charge on any atom is 0.240 e. The lowest BCUT2D eigenvalue weighted by molar-refractivity contribution is -0.144. The summed E-state index contributed by atoms with van der Waals surface area (Å²) in [6.45, 7) is 2.54. The van der Waals surface area contributed by atoms with E-state index in [9.17, 15) is 9.90 Å². The van der Waals surface area contributed by atoms with E-state index < -0.39 is 0 Å². The van der Waals surface area contributed by atoms with Gasteiger partial charge >= 0.3 is 0 Å². The van der Waals surface area contributed by atoms with Crippen molar-refractivity contribution in [2.45, 2.75) is 31.3 Å². The number of aliphatic hydroxyl groups is 1. The molecule has 2 N–H and O–H groups in total. The minimum absolute atomic E-state index is 0.0154. The third-order valence-corrected chi connectivity index (χ3v) is 3.33. The van der Waals surface area contributed by atoms with E-state index in [2.05, 4.69) is 5.32 Å². The number of amides is 1. The molecule has 0 aromatic rings. The first-order chi connectivity index (χ1) is 7.83. The molecule has 2 saturated heterocycles. The average Bonchev–Trinajstić information content (AvgIpc) is 2.39. The van der Waals surface area contributed by atoms with E-state index in [0.717, 1.165) is 25.8 Å². The Morgan fingerprint density at radius 1 is 1.50 bits per heavy atom. The molecule has 5 nitrogen and oxygen atoms in total. The maximum atomic E-state index is 12.2. The second-order valence-corrected chi connectivity index (χ2v) is 4.45. The first-order valence-corrected chi connectivity index (χ1v) is 6.05. The number of hydrogen-bond donors (Lipinski definition) is 2. The van der Waals surface area contributed by atoms with Crippen molar-refractivity contribution < 1.29 is 14.6 Å². The second-order valence-electron chi connectivity index (χ2n) is 4.45. The predicted molar refractivity (Wildman–Crippen MR) is 59.0 cm³/mol. The number of carbonyl (C=O) groups is 1. The topological polar surface area (TPSA) is 61.8 Å². The van der Waals surface area contributed by atoms with E-state index in [4.69, 9.17) is 4.74 Å². The number of hydrogen-bond acceptors (Lipinski definition) is 4. The van der Waals surface area contributed by atoms with E-state index in [-0.39, 0.29) is 24.6 Å². The maximum absolute atomic E-state index is 12.2. The van der Waals surface area contributed by atoms with Crippen LogP contribution < -0.4 is 5.32 Å². The fraction of sp³-hybridized carbons (Fsp3) is 0.909. The molecule has 2 heterocycles. The van der Waals surface area contributed by atoms with E-state index in [0.29, 0.717) is 19.8 Å². The highest BCUT2D eigenvalue weighted by Crippen LogP contribution is 2.14. The Balaban J connectivity index is 1.95. The second kappa shape index (κ2) is 5.61. The van der Waals surface area contributed by atoms with Crippen LogP contribution in [0.15, 0.2) is 0 Å². The van der Waals surface area contributed by atoms with Crippen LogP contribution in [-0.2, 0) is 9.53 Å². The van der Waals surface area contributed by atoms with Crippen LogP contribution in [0.4, 0.5) is 0 Å². The highest BCUT2D eigenvalue weighted by Gasteiger charge is 2.31. The molecule has 2 rings (SSSR count). The molecule has 0 spiro atoms. The molecule has 2 atom stereocenters. The number of ether oxygens (including phenoxy) is 1. The molecule has 2 unspecified atom stereocenters. The zero-order valence-electron chi connectivity index (χ0n) is 9.52. The van der Waals surface area contributed by atoms with Gasteiger partial charge in [0, 0.05) is 6.54 Å². The lowest BCUT2D eigenvalue weighted by Crippen LogP contribution is -2.57. The van der Waals surface area contributed by atoms with E-state index in [1.165, 1.54) is 0 Å². The van der Waals surface area contributed by atoms with Gasteiger partial charge in [0.05, 0.1) is 31.9 Å². The van der Waals surface area contributed by atoms with Crippen molar-refractivity contribution in [3.05, 3.63) is 0 Å². The fourth-order valence-electron chi connectivity index (χ4n) is 2.36. The van der Waals surface area contributed by atoms with Gasteiger partial charge in [-0.3, -0.25) is 4.79 Å². The van der Waals surface area contributed by atoms with Gasteiger partial charge in [0.15, 0.2) is 0 Å². The molecule has 0 saturated carbocycles.